The third-order valence-corrected chi connectivity index (χ3v) is 7.23. The fraction of sp³-hybridized carbons (Fsp3) is 0.308. The minimum Gasteiger partial charge on any atom is -0.349 e. The quantitative estimate of drug-likeness (QED) is 0.440. The van der Waals surface area contributed by atoms with Crippen LogP contribution in [0.3, 0.4) is 0 Å². The van der Waals surface area contributed by atoms with E-state index >= 15 is 0 Å². The molecule has 2 aliphatic heterocycles. The third kappa shape index (κ3) is 2.28. The summed E-state index contributed by atoms with van der Waals surface area (Å²) in [5.74, 6) is 0. The molecule has 0 spiro atoms. The molecule has 6 rings (SSSR count). The van der Waals surface area contributed by atoms with Gasteiger partial charge in [0.15, 0.2) is 0 Å². The van der Waals surface area contributed by atoms with Crippen LogP contribution >= 0.6 is 0 Å². The lowest BCUT2D eigenvalue weighted by molar-refractivity contribution is 0.278. The van der Waals surface area contributed by atoms with Gasteiger partial charge in [-0.2, -0.15) is 0 Å². The van der Waals surface area contributed by atoms with E-state index in [1.807, 2.05) is 0 Å². The number of rotatable bonds is 2. The van der Waals surface area contributed by atoms with Crippen molar-refractivity contribution in [2.24, 2.45) is 0 Å². The van der Waals surface area contributed by atoms with Crippen molar-refractivity contribution in [2.45, 2.75) is 38.9 Å². The van der Waals surface area contributed by atoms with E-state index in [9.17, 15) is 0 Å². The van der Waals surface area contributed by atoms with Crippen molar-refractivity contribution in [3.8, 4) is 5.69 Å². The van der Waals surface area contributed by atoms with Gasteiger partial charge in [-0.05, 0) is 63.1 Å². The van der Waals surface area contributed by atoms with Gasteiger partial charge in [0, 0.05) is 35.2 Å². The number of para-hydroxylation sites is 2. The molecule has 146 valence electrons. The molecule has 4 aromatic rings. The van der Waals surface area contributed by atoms with Crippen LogP contribution in [0, 0.1) is 6.92 Å². The number of aryl methyl sites for hydroxylation is 1. The zero-order valence-corrected chi connectivity index (χ0v) is 17.4. The molecule has 3 heteroatoms. The first-order chi connectivity index (χ1) is 14.1. The standard InChI is InChI=1S/C26H27N3/c1-18-15-25-22(16-24(18)29-19(2)27-14-13-26(29,3)17-27)21-11-7-8-12-23(21)28(25)20-9-5-4-6-10-20/h4-12,15-16,19H,13-14,17H2,1-3H3/t19-,26?/m0/s1. The van der Waals surface area contributed by atoms with Gasteiger partial charge in [0.1, 0.15) is 0 Å². The van der Waals surface area contributed by atoms with Crippen molar-refractivity contribution >= 4 is 27.5 Å². The lowest BCUT2D eigenvalue weighted by Crippen LogP contribution is -2.50. The minimum absolute atomic E-state index is 0.246. The Morgan fingerprint density at radius 2 is 1.66 bits per heavy atom. The van der Waals surface area contributed by atoms with Crippen LogP contribution in [0.5, 0.6) is 0 Å². The van der Waals surface area contributed by atoms with Crippen molar-refractivity contribution < 1.29 is 0 Å². The Morgan fingerprint density at radius 1 is 0.897 bits per heavy atom. The van der Waals surface area contributed by atoms with Crippen molar-refractivity contribution in [3.63, 3.8) is 0 Å². The van der Waals surface area contributed by atoms with Crippen LogP contribution in [0.1, 0.15) is 25.8 Å². The number of benzene rings is 3. The molecule has 2 bridgehead atoms. The lowest BCUT2D eigenvalue weighted by atomic mass is 9.96. The molecule has 2 unspecified atom stereocenters. The molecule has 0 radical (unpaired) electrons. The average Bonchev–Trinajstić information content (AvgIpc) is 3.34. The van der Waals surface area contributed by atoms with Crippen molar-refractivity contribution in [2.75, 3.05) is 18.0 Å². The summed E-state index contributed by atoms with van der Waals surface area (Å²) in [6.07, 6.45) is 1.72. The van der Waals surface area contributed by atoms with E-state index in [4.69, 9.17) is 0 Å². The maximum atomic E-state index is 2.68. The summed E-state index contributed by atoms with van der Waals surface area (Å²) in [7, 11) is 0. The number of anilines is 1. The zero-order valence-electron chi connectivity index (χ0n) is 17.4. The van der Waals surface area contributed by atoms with Gasteiger partial charge in [0.05, 0.1) is 22.7 Å². The van der Waals surface area contributed by atoms with Gasteiger partial charge >= 0.3 is 0 Å². The number of hydrogen-bond acceptors (Lipinski definition) is 2. The van der Waals surface area contributed by atoms with Crippen LogP contribution in [0.2, 0.25) is 0 Å². The van der Waals surface area contributed by atoms with Crippen LogP contribution in [-0.4, -0.2) is 34.3 Å². The van der Waals surface area contributed by atoms with Crippen LogP contribution in [0.4, 0.5) is 5.69 Å². The van der Waals surface area contributed by atoms with E-state index in [-0.39, 0.29) is 5.54 Å². The molecule has 1 aromatic heterocycles. The fourth-order valence-corrected chi connectivity index (χ4v) is 5.83. The summed E-state index contributed by atoms with van der Waals surface area (Å²) < 4.78 is 2.41. The van der Waals surface area contributed by atoms with E-state index in [1.165, 1.54) is 58.3 Å². The Hall–Kier alpha value is -2.78. The van der Waals surface area contributed by atoms with Crippen LogP contribution in [0.25, 0.3) is 27.5 Å². The first-order valence-electron chi connectivity index (χ1n) is 10.7. The third-order valence-electron chi connectivity index (χ3n) is 7.23. The van der Waals surface area contributed by atoms with Gasteiger partial charge in [0.2, 0.25) is 0 Å². The SMILES string of the molecule is Cc1cc2c(cc1N1[C@@H](C)N3CCC1(C)C3)c1ccccc1n2-c1ccccc1. The number of aromatic nitrogens is 1. The van der Waals surface area contributed by atoms with Gasteiger partial charge in [0.25, 0.3) is 0 Å². The highest BCUT2D eigenvalue weighted by atomic mass is 15.5. The second kappa shape index (κ2) is 5.87. The summed E-state index contributed by atoms with van der Waals surface area (Å²) in [5, 5.41) is 2.67. The highest BCUT2D eigenvalue weighted by molar-refractivity contribution is 6.10. The predicted octanol–water partition coefficient (Wildman–Crippen LogP) is 5.72. The van der Waals surface area contributed by atoms with Gasteiger partial charge in [-0.1, -0.05) is 36.4 Å². The molecule has 0 aliphatic carbocycles. The molecule has 0 saturated carbocycles. The Labute approximate surface area is 172 Å². The van der Waals surface area contributed by atoms with Crippen LogP contribution in [-0.2, 0) is 0 Å². The maximum absolute atomic E-state index is 2.68. The van der Waals surface area contributed by atoms with E-state index < -0.39 is 0 Å². The van der Waals surface area contributed by atoms with Crippen molar-refractivity contribution in [1.29, 1.82) is 0 Å². The Kier molecular flexibility index (Phi) is 3.46. The number of nitrogens with zero attached hydrogens (tertiary/aromatic N) is 3. The molecule has 3 nitrogen and oxygen atoms in total. The van der Waals surface area contributed by atoms with Gasteiger partial charge in [-0.15, -0.1) is 0 Å². The zero-order chi connectivity index (χ0) is 19.8. The molecule has 29 heavy (non-hydrogen) atoms. The normalized spacial score (nSPS) is 26.1. The average molecular weight is 382 g/mol. The Balaban J connectivity index is 1.64. The van der Waals surface area contributed by atoms with E-state index in [2.05, 4.69) is 102 Å². The topological polar surface area (TPSA) is 11.4 Å². The smallest absolute Gasteiger partial charge is 0.0799 e. The van der Waals surface area contributed by atoms with E-state index in [1.54, 1.807) is 0 Å². The first-order valence-corrected chi connectivity index (χ1v) is 10.7. The van der Waals surface area contributed by atoms with Crippen LogP contribution in [0.15, 0.2) is 66.7 Å². The molecule has 3 aromatic carbocycles. The van der Waals surface area contributed by atoms with Gasteiger partial charge in [-0.3, -0.25) is 4.90 Å². The fourth-order valence-electron chi connectivity index (χ4n) is 5.83. The second-order valence-electron chi connectivity index (χ2n) is 9.06. The summed E-state index contributed by atoms with van der Waals surface area (Å²) in [6, 6.07) is 24.4. The molecule has 2 saturated heterocycles. The minimum atomic E-state index is 0.246. The molecule has 0 amide bonds. The summed E-state index contributed by atoms with van der Waals surface area (Å²) in [4.78, 5) is 5.30. The molecular formula is C26H27N3. The van der Waals surface area contributed by atoms with E-state index in [0.29, 0.717) is 6.17 Å². The van der Waals surface area contributed by atoms with E-state index in [0.717, 1.165) is 0 Å². The molecule has 0 N–H and O–H groups in total. The summed E-state index contributed by atoms with van der Waals surface area (Å²) in [6.45, 7) is 9.48. The van der Waals surface area contributed by atoms with Gasteiger partial charge in [-0.25, -0.2) is 0 Å². The Morgan fingerprint density at radius 3 is 2.41 bits per heavy atom. The van der Waals surface area contributed by atoms with Crippen LogP contribution < -0.4 is 4.90 Å². The number of fused-ring (bicyclic) bond motifs is 5. The van der Waals surface area contributed by atoms with Crippen molar-refractivity contribution in [3.05, 3.63) is 72.3 Å². The summed E-state index contributed by atoms with van der Waals surface area (Å²) >= 11 is 0. The summed E-state index contributed by atoms with van der Waals surface area (Å²) in [5.41, 5.74) is 6.79. The molecule has 3 heterocycles. The second-order valence-corrected chi connectivity index (χ2v) is 9.06. The van der Waals surface area contributed by atoms with Gasteiger partial charge < -0.3 is 9.47 Å². The first kappa shape index (κ1) is 17.1. The Bertz CT molecular complexity index is 1240. The largest absolute Gasteiger partial charge is 0.349 e. The number of hydrogen-bond donors (Lipinski definition) is 0. The molecule has 3 atom stereocenters. The monoisotopic (exact) mass is 381 g/mol. The lowest BCUT2D eigenvalue weighted by Gasteiger charge is -2.42. The van der Waals surface area contributed by atoms with Crippen molar-refractivity contribution in [1.82, 2.24) is 9.47 Å². The molecular weight excluding hydrogens is 354 g/mol. The molecule has 2 aliphatic rings. The predicted molar refractivity (Wildman–Crippen MR) is 122 cm³/mol. The highest BCUT2D eigenvalue weighted by Gasteiger charge is 2.50. The molecule has 2 fully saturated rings. The maximum Gasteiger partial charge on any atom is 0.0799 e. The highest BCUT2D eigenvalue weighted by Crippen LogP contribution is 2.45.